The molecule has 0 radical (unpaired) electrons. The molecule has 0 spiro atoms. The van der Waals surface area contributed by atoms with Crippen molar-refractivity contribution in [1.82, 2.24) is 5.32 Å². The average molecular weight is 505 g/mol. The van der Waals surface area contributed by atoms with Crippen LogP contribution in [-0.4, -0.2) is 55.0 Å². The zero-order valence-electron chi connectivity index (χ0n) is 18.5. The van der Waals surface area contributed by atoms with Gasteiger partial charge in [0.15, 0.2) is 0 Å². The molecule has 2 rings (SSSR count). The van der Waals surface area contributed by atoms with Gasteiger partial charge in [-0.2, -0.15) is 16.8 Å². The first kappa shape index (κ1) is 30.2. The first-order valence-corrected chi connectivity index (χ1v) is 12.2. The highest BCUT2D eigenvalue weighted by Crippen LogP contribution is 2.09. The van der Waals surface area contributed by atoms with Gasteiger partial charge in [-0.15, -0.1) is 0 Å². The van der Waals surface area contributed by atoms with E-state index in [1.807, 2.05) is 13.8 Å². The van der Waals surface area contributed by atoms with Crippen molar-refractivity contribution in [2.75, 3.05) is 0 Å². The Morgan fingerprint density at radius 3 is 1.30 bits per heavy atom. The van der Waals surface area contributed by atoms with Crippen molar-refractivity contribution in [3.05, 3.63) is 59.7 Å². The third-order valence-corrected chi connectivity index (χ3v) is 5.52. The summed E-state index contributed by atoms with van der Waals surface area (Å²) in [6, 6.07) is 10.4. The van der Waals surface area contributed by atoms with E-state index in [1.54, 1.807) is 24.3 Å². The zero-order valence-corrected chi connectivity index (χ0v) is 20.1. The fourth-order valence-corrected chi connectivity index (χ4v) is 2.79. The summed E-state index contributed by atoms with van der Waals surface area (Å²) in [6.07, 6.45) is 0. The number of carboxylic acids is 1. The van der Waals surface area contributed by atoms with E-state index < -0.39 is 44.2 Å². The van der Waals surface area contributed by atoms with E-state index in [0.717, 1.165) is 11.1 Å². The van der Waals surface area contributed by atoms with Crippen LogP contribution in [0.5, 0.6) is 0 Å². The Hall–Kier alpha value is -2.84. The highest BCUT2D eigenvalue weighted by Gasteiger charge is 2.15. The van der Waals surface area contributed by atoms with E-state index >= 15 is 0 Å². The van der Waals surface area contributed by atoms with Crippen LogP contribution in [0.4, 0.5) is 0 Å². The molecule has 11 nitrogen and oxygen atoms in total. The molecule has 184 valence electrons. The molecule has 2 atom stereocenters. The smallest absolute Gasteiger partial charge is 0.325 e. The van der Waals surface area contributed by atoms with Crippen LogP contribution in [0.3, 0.4) is 0 Å². The van der Waals surface area contributed by atoms with Gasteiger partial charge in [-0.05, 0) is 52.0 Å². The molecule has 13 heteroatoms. The number of benzene rings is 2. The lowest BCUT2D eigenvalue weighted by Gasteiger charge is -2.10. The summed E-state index contributed by atoms with van der Waals surface area (Å²) in [5.41, 5.74) is 7.09. The van der Waals surface area contributed by atoms with E-state index in [1.165, 1.54) is 38.1 Å². The number of carbonyl (C=O) groups is 2. The lowest BCUT2D eigenvalue weighted by atomic mass is 10.2. The first-order chi connectivity index (χ1) is 14.9. The van der Waals surface area contributed by atoms with Crippen LogP contribution in [0, 0.1) is 13.8 Å². The minimum Gasteiger partial charge on any atom is -0.480 e. The summed E-state index contributed by atoms with van der Waals surface area (Å²) in [7, 11) is -8.04. The number of rotatable bonds is 5. The van der Waals surface area contributed by atoms with Crippen LogP contribution < -0.4 is 11.1 Å². The molecular weight excluding hydrogens is 476 g/mol. The number of amides is 1. The Kier molecular flexibility index (Phi) is 11.9. The highest BCUT2D eigenvalue weighted by molar-refractivity contribution is 7.86. The first-order valence-electron chi connectivity index (χ1n) is 9.32. The minimum atomic E-state index is -4.02. The standard InChI is InChI=1S/2C7H8O3S.C6H12N2O3/c2*1-6-2-4-7(5-3-6)11(8,9)10;1-3(7)5(9)8-4(2)6(10)11/h2*2-5H,1H3,(H,8,9,10);3-4H,7H2,1-2H3,(H,8,9)(H,10,11)/t;;3-,4?/m..0/s1. The van der Waals surface area contributed by atoms with Gasteiger partial charge in [0.1, 0.15) is 6.04 Å². The van der Waals surface area contributed by atoms with Crippen LogP contribution in [-0.2, 0) is 29.8 Å². The maximum Gasteiger partial charge on any atom is 0.325 e. The van der Waals surface area contributed by atoms with Crippen molar-refractivity contribution in [2.45, 2.75) is 49.6 Å². The number of hydrogen-bond donors (Lipinski definition) is 5. The van der Waals surface area contributed by atoms with Crippen molar-refractivity contribution < 1.29 is 40.6 Å². The second kappa shape index (κ2) is 13.0. The maximum atomic E-state index is 10.8. The van der Waals surface area contributed by atoms with Crippen LogP contribution in [0.2, 0.25) is 0 Å². The Labute approximate surface area is 193 Å². The molecule has 6 N–H and O–H groups in total. The minimum absolute atomic E-state index is 0.0666. The summed E-state index contributed by atoms with van der Waals surface area (Å²) in [6.45, 7) is 6.55. The molecule has 1 amide bonds. The summed E-state index contributed by atoms with van der Waals surface area (Å²) in [5, 5.41) is 10.6. The van der Waals surface area contributed by atoms with Gasteiger partial charge in [-0.25, -0.2) is 0 Å². The van der Waals surface area contributed by atoms with E-state index in [0.29, 0.717) is 0 Å². The molecule has 2 aromatic carbocycles. The number of nitrogens with two attached hydrogens (primary N) is 1. The van der Waals surface area contributed by atoms with Gasteiger partial charge in [0.2, 0.25) is 5.91 Å². The lowest BCUT2D eigenvalue weighted by Crippen LogP contribution is -2.45. The van der Waals surface area contributed by atoms with Gasteiger partial charge in [0.05, 0.1) is 15.8 Å². The number of aryl methyl sites for hydroxylation is 2. The van der Waals surface area contributed by atoms with Crippen LogP contribution in [0.25, 0.3) is 0 Å². The molecule has 0 aliphatic rings. The van der Waals surface area contributed by atoms with Gasteiger partial charge < -0.3 is 16.2 Å². The zero-order chi connectivity index (χ0) is 26.0. The molecule has 0 aliphatic carbocycles. The number of carboxylic acid groups (broad SMARTS) is 1. The van der Waals surface area contributed by atoms with Gasteiger partial charge >= 0.3 is 5.97 Å². The third-order valence-electron chi connectivity index (χ3n) is 3.78. The maximum absolute atomic E-state index is 10.8. The quantitative estimate of drug-likeness (QED) is 0.370. The normalized spacial score (nSPS) is 12.7. The summed E-state index contributed by atoms with van der Waals surface area (Å²) >= 11 is 0. The average Bonchev–Trinajstić information content (AvgIpc) is 2.68. The summed E-state index contributed by atoms with van der Waals surface area (Å²) in [4.78, 5) is 20.8. The fraction of sp³-hybridized carbons (Fsp3) is 0.300. The van der Waals surface area contributed by atoms with Crippen molar-refractivity contribution >= 4 is 32.1 Å². The van der Waals surface area contributed by atoms with Gasteiger partial charge in [-0.3, -0.25) is 18.7 Å². The van der Waals surface area contributed by atoms with Gasteiger partial charge in [0.25, 0.3) is 20.2 Å². The molecule has 0 aliphatic heterocycles. The molecule has 33 heavy (non-hydrogen) atoms. The molecule has 2 aromatic rings. The Bertz CT molecular complexity index is 1050. The van der Waals surface area contributed by atoms with Crippen molar-refractivity contribution in [1.29, 1.82) is 0 Å². The monoisotopic (exact) mass is 504 g/mol. The van der Waals surface area contributed by atoms with Gasteiger partial charge in [-0.1, -0.05) is 35.4 Å². The van der Waals surface area contributed by atoms with Crippen molar-refractivity contribution in [3.8, 4) is 0 Å². The van der Waals surface area contributed by atoms with Crippen LogP contribution >= 0.6 is 0 Å². The van der Waals surface area contributed by atoms with Crippen molar-refractivity contribution in [3.63, 3.8) is 0 Å². The van der Waals surface area contributed by atoms with E-state index in [4.69, 9.17) is 19.9 Å². The molecule has 0 fully saturated rings. The third kappa shape index (κ3) is 12.7. The molecule has 0 heterocycles. The Balaban J connectivity index is 0.000000465. The lowest BCUT2D eigenvalue weighted by molar-refractivity contribution is -0.141. The molecule has 0 saturated heterocycles. The van der Waals surface area contributed by atoms with Crippen LogP contribution in [0.1, 0.15) is 25.0 Å². The molecule has 0 bridgehead atoms. The predicted molar refractivity (Wildman–Crippen MR) is 121 cm³/mol. The molecule has 0 saturated carbocycles. The second-order valence-electron chi connectivity index (χ2n) is 6.93. The Morgan fingerprint density at radius 2 is 1.09 bits per heavy atom. The second-order valence-corrected chi connectivity index (χ2v) is 9.78. The predicted octanol–water partition coefficient (Wildman–Crippen LogP) is 1.41. The Morgan fingerprint density at radius 1 is 0.788 bits per heavy atom. The van der Waals surface area contributed by atoms with E-state index in [9.17, 15) is 26.4 Å². The number of carbonyl (C=O) groups excluding carboxylic acids is 1. The SMILES string of the molecule is CC(NC(=O)[C@H](C)N)C(=O)O.Cc1ccc(S(=O)(=O)O)cc1.Cc1ccc(S(=O)(=O)O)cc1. The summed E-state index contributed by atoms with van der Waals surface area (Å²) < 4.78 is 59.1. The fourth-order valence-electron chi connectivity index (χ4n) is 1.83. The number of nitrogens with one attached hydrogen (secondary N) is 1. The van der Waals surface area contributed by atoms with E-state index in [-0.39, 0.29) is 9.79 Å². The largest absolute Gasteiger partial charge is 0.480 e. The summed E-state index contributed by atoms with van der Waals surface area (Å²) in [5.74, 6) is -1.53. The molecule has 1 unspecified atom stereocenters. The van der Waals surface area contributed by atoms with Gasteiger partial charge in [0, 0.05) is 0 Å². The number of hydrogen-bond acceptors (Lipinski definition) is 7. The molecule has 0 aromatic heterocycles. The number of aliphatic carboxylic acids is 1. The van der Waals surface area contributed by atoms with Crippen LogP contribution in [0.15, 0.2) is 58.3 Å². The molecular formula is C20H28N2O9S2. The van der Waals surface area contributed by atoms with Crippen molar-refractivity contribution in [2.24, 2.45) is 5.73 Å². The topological polar surface area (TPSA) is 201 Å². The highest BCUT2D eigenvalue weighted by atomic mass is 32.2. The van der Waals surface area contributed by atoms with E-state index in [2.05, 4.69) is 5.32 Å².